The van der Waals surface area contributed by atoms with Crippen molar-refractivity contribution in [3.63, 3.8) is 0 Å². The van der Waals surface area contributed by atoms with Crippen molar-refractivity contribution >= 4 is 0 Å². The predicted molar refractivity (Wildman–Crippen MR) is 71.3 cm³/mol. The van der Waals surface area contributed by atoms with Crippen molar-refractivity contribution in [3.05, 3.63) is 0 Å². The van der Waals surface area contributed by atoms with Gasteiger partial charge in [-0.15, -0.1) is 0 Å². The monoisotopic (exact) mass is 240 g/mol. The SMILES string of the molecule is COCC(C)N1CCCNC2(CCCCC2)C1. The van der Waals surface area contributed by atoms with E-state index in [-0.39, 0.29) is 0 Å². The van der Waals surface area contributed by atoms with Gasteiger partial charge in [0.15, 0.2) is 0 Å². The third kappa shape index (κ3) is 3.43. The fraction of sp³-hybridized carbons (Fsp3) is 1.00. The molecule has 1 atom stereocenters. The van der Waals surface area contributed by atoms with E-state index in [1.807, 2.05) is 7.11 Å². The highest BCUT2D eigenvalue weighted by Crippen LogP contribution is 2.30. The van der Waals surface area contributed by atoms with Gasteiger partial charge in [0.25, 0.3) is 0 Å². The summed E-state index contributed by atoms with van der Waals surface area (Å²) in [5, 5.41) is 3.84. The first-order valence-corrected chi connectivity index (χ1v) is 7.24. The van der Waals surface area contributed by atoms with E-state index in [2.05, 4.69) is 17.1 Å². The summed E-state index contributed by atoms with van der Waals surface area (Å²) in [5.74, 6) is 0. The maximum absolute atomic E-state index is 5.31. The first-order valence-electron chi connectivity index (χ1n) is 7.24. The Morgan fingerprint density at radius 1 is 1.24 bits per heavy atom. The average molecular weight is 240 g/mol. The van der Waals surface area contributed by atoms with E-state index < -0.39 is 0 Å². The van der Waals surface area contributed by atoms with Crippen LogP contribution in [0, 0.1) is 0 Å². The van der Waals surface area contributed by atoms with E-state index in [0.29, 0.717) is 11.6 Å². The molecule has 0 radical (unpaired) electrons. The molecule has 0 aromatic heterocycles. The zero-order valence-corrected chi connectivity index (χ0v) is 11.5. The molecule has 1 heterocycles. The highest BCUT2D eigenvalue weighted by molar-refractivity contribution is 4.96. The van der Waals surface area contributed by atoms with Crippen LogP contribution in [0.15, 0.2) is 0 Å². The van der Waals surface area contributed by atoms with Crippen molar-refractivity contribution in [2.75, 3.05) is 33.4 Å². The maximum Gasteiger partial charge on any atom is 0.0615 e. The molecule has 1 unspecified atom stereocenters. The molecule has 0 bridgehead atoms. The third-order valence-electron chi connectivity index (χ3n) is 4.47. The Labute approximate surface area is 106 Å². The first-order chi connectivity index (χ1) is 8.26. The molecule has 100 valence electrons. The minimum Gasteiger partial charge on any atom is -0.383 e. The Hall–Kier alpha value is -0.120. The summed E-state index contributed by atoms with van der Waals surface area (Å²) in [4.78, 5) is 2.63. The van der Waals surface area contributed by atoms with Gasteiger partial charge in [-0.05, 0) is 39.3 Å². The zero-order valence-electron chi connectivity index (χ0n) is 11.5. The fourth-order valence-electron chi connectivity index (χ4n) is 3.45. The Balaban J connectivity index is 1.98. The van der Waals surface area contributed by atoms with Crippen LogP contribution in [-0.4, -0.2) is 49.8 Å². The molecule has 3 nitrogen and oxygen atoms in total. The molecule has 1 aliphatic carbocycles. The molecule has 1 N–H and O–H groups in total. The minimum absolute atomic E-state index is 0.413. The van der Waals surface area contributed by atoms with Gasteiger partial charge in [-0.1, -0.05) is 19.3 Å². The van der Waals surface area contributed by atoms with Crippen molar-refractivity contribution in [3.8, 4) is 0 Å². The number of rotatable bonds is 3. The van der Waals surface area contributed by atoms with Crippen molar-refractivity contribution in [1.29, 1.82) is 0 Å². The summed E-state index contributed by atoms with van der Waals surface area (Å²) < 4.78 is 5.31. The van der Waals surface area contributed by atoms with Crippen LogP contribution in [0.3, 0.4) is 0 Å². The van der Waals surface area contributed by atoms with Crippen molar-refractivity contribution in [2.45, 2.75) is 57.0 Å². The van der Waals surface area contributed by atoms with Crippen LogP contribution in [0.25, 0.3) is 0 Å². The lowest BCUT2D eigenvalue weighted by Gasteiger charge is -2.41. The Morgan fingerprint density at radius 3 is 2.71 bits per heavy atom. The molecule has 1 spiro atoms. The molecule has 3 heteroatoms. The van der Waals surface area contributed by atoms with Crippen LogP contribution in [0.1, 0.15) is 45.4 Å². The topological polar surface area (TPSA) is 24.5 Å². The number of nitrogens with one attached hydrogen (secondary N) is 1. The molecule has 2 fully saturated rings. The summed E-state index contributed by atoms with van der Waals surface area (Å²) >= 11 is 0. The van der Waals surface area contributed by atoms with Gasteiger partial charge < -0.3 is 10.1 Å². The third-order valence-corrected chi connectivity index (χ3v) is 4.47. The molecular formula is C14H28N2O. The first kappa shape index (κ1) is 13.3. The molecule has 1 aliphatic heterocycles. The molecule has 1 saturated heterocycles. The Morgan fingerprint density at radius 2 is 2.00 bits per heavy atom. The van der Waals surface area contributed by atoms with E-state index in [9.17, 15) is 0 Å². The van der Waals surface area contributed by atoms with Gasteiger partial charge in [-0.2, -0.15) is 0 Å². The molecule has 0 amide bonds. The van der Waals surface area contributed by atoms with Gasteiger partial charge in [0.2, 0.25) is 0 Å². The molecular weight excluding hydrogens is 212 g/mol. The lowest BCUT2D eigenvalue weighted by Crippen LogP contribution is -2.54. The van der Waals surface area contributed by atoms with Crippen LogP contribution < -0.4 is 5.32 Å². The zero-order chi connectivity index (χ0) is 12.1. The van der Waals surface area contributed by atoms with Gasteiger partial charge in [0.1, 0.15) is 0 Å². The van der Waals surface area contributed by atoms with Gasteiger partial charge >= 0.3 is 0 Å². The molecule has 2 rings (SSSR count). The van der Waals surface area contributed by atoms with Crippen LogP contribution in [0.5, 0.6) is 0 Å². The summed E-state index contributed by atoms with van der Waals surface area (Å²) in [6.07, 6.45) is 8.23. The minimum atomic E-state index is 0.413. The largest absolute Gasteiger partial charge is 0.383 e. The second-order valence-corrected chi connectivity index (χ2v) is 5.90. The normalized spacial score (nSPS) is 27.9. The fourth-order valence-corrected chi connectivity index (χ4v) is 3.45. The predicted octanol–water partition coefficient (Wildman–Crippen LogP) is 2.02. The number of nitrogens with zero attached hydrogens (tertiary/aromatic N) is 1. The summed E-state index contributed by atoms with van der Waals surface area (Å²) in [5.41, 5.74) is 0.413. The average Bonchev–Trinajstić information content (AvgIpc) is 2.54. The molecule has 0 aromatic rings. The second kappa shape index (κ2) is 6.17. The van der Waals surface area contributed by atoms with E-state index in [4.69, 9.17) is 4.74 Å². The van der Waals surface area contributed by atoms with E-state index >= 15 is 0 Å². The van der Waals surface area contributed by atoms with Gasteiger partial charge in [0.05, 0.1) is 6.61 Å². The number of hydrogen-bond acceptors (Lipinski definition) is 3. The van der Waals surface area contributed by atoms with Gasteiger partial charge in [0, 0.05) is 25.2 Å². The van der Waals surface area contributed by atoms with E-state index in [1.165, 1.54) is 58.2 Å². The van der Waals surface area contributed by atoms with Crippen LogP contribution >= 0.6 is 0 Å². The Bertz CT molecular complexity index is 226. The molecule has 2 aliphatic rings. The highest BCUT2D eigenvalue weighted by Gasteiger charge is 2.35. The molecule has 0 aromatic carbocycles. The lowest BCUT2D eigenvalue weighted by atomic mass is 9.81. The van der Waals surface area contributed by atoms with Crippen LogP contribution in [0.2, 0.25) is 0 Å². The smallest absolute Gasteiger partial charge is 0.0615 e. The highest BCUT2D eigenvalue weighted by atomic mass is 16.5. The van der Waals surface area contributed by atoms with Gasteiger partial charge in [-0.25, -0.2) is 0 Å². The number of methoxy groups -OCH3 is 1. The summed E-state index contributed by atoms with van der Waals surface area (Å²) in [6, 6.07) is 0.554. The van der Waals surface area contributed by atoms with Crippen LogP contribution in [-0.2, 0) is 4.74 Å². The van der Waals surface area contributed by atoms with E-state index in [0.717, 1.165) is 6.61 Å². The second-order valence-electron chi connectivity index (χ2n) is 5.90. The van der Waals surface area contributed by atoms with Crippen molar-refractivity contribution in [1.82, 2.24) is 10.2 Å². The lowest BCUT2D eigenvalue weighted by molar-refractivity contribution is 0.0760. The summed E-state index contributed by atoms with van der Waals surface area (Å²) in [7, 11) is 1.81. The van der Waals surface area contributed by atoms with Crippen molar-refractivity contribution < 1.29 is 4.74 Å². The summed E-state index contributed by atoms with van der Waals surface area (Å²) in [6.45, 7) is 6.79. The van der Waals surface area contributed by atoms with Gasteiger partial charge in [-0.3, -0.25) is 4.90 Å². The van der Waals surface area contributed by atoms with Crippen LogP contribution in [0.4, 0.5) is 0 Å². The van der Waals surface area contributed by atoms with E-state index in [1.54, 1.807) is 0 Å². The number of hydrogen-bond donors (Lipinski definition) is 1. The standard InChI is InChI=1S/C14H28N2O/c1-13(11-17-2)16-10-6-9-15-14(12-16)7-4-3-5-8-14/h13,15H,3-12H2,1-2H3. The number of ether oxygens (including phenoxy) is 1. The maximum atomic E-state index is 5.31. The Kier molecular flexibility index (Phi) is 4.83. The van der Waals surface area contributed by atoms with Crippen molar-refractivity contribution in [2.24, 2.45) is 0 Å². The molecule has 1 saturated carbocycles. The molecule has 17 heavy (non-hydrogen) atoms. The quantitative estimate of drug-likeness (QED) is 0.817.